The van der Waals surface area contributed by atoms with Gasteiger partial charge in [0.15, 0.2) is 5.15 Å². The van der Waals surface area contributed by atoms with E-state index in [9.17, 15) is 4.79 Å². The van der Waals surface area contributed by atoms with Gasteiger partial charge in [0, 0.05) is 6.92 Å². The Bertz CT molecular complexity index is 380. The highest BCUT2D eigenvalue weighted by molar-refractivity contribution is 6.31. The number of nitrogens with two attached hydrogens (primary N) is 1. The number of carbonyl (C=O) groups is 1. The Morgan fingerprint density at radius 3 is 3.07 bits per heavy atom. The van der Waals surface area contributed by atoms with E-state index in [1.807, 2.05) is 0 Å². The number of halogens is 1. The van der Waals surface area contributed by atoms with Gasteiger partial charge in [-0.15, -0.1) is 0 Å². The van der Waals surface area contributed by atoms with Crippen molar-refractivity contribution in [1.82, 2.24) is 9.97 Å². The first-order valence-electron chi connectivity index (χ1n) is 3.58. The van der Waals surface area contributed by atoms with Crippen molar-refractivity contribution in [2.24, 2.45) is 5.16 Å². The lowest BCUT2D eigenvalue weighted by Crippen LogP contribution is -1.98. The fourth-order valence-electron chi connectivity index (χ4n) is 0.626. The summed E-state index contributed by atoms with van der Waals surface area (Å²) in [5, 5.41) is 3.43. The number of hydrogen-bond acceptors (Lipinski definition) is 6. The van der Waals surface area contributed by atoms with Crippen LogP contribution in [0.2, 0.25) is 5.15 Å². The third kappa shape index (κ3) is 2.98. The van der Waals surface area contributed by atoms with Crippen molar-refractivity contribution in [1.29, 1.82) is 0 Å². The van der Waals surface area contributed by atoms with Crippen molar-refractivity contribution < 1.29 is 9.63 Å². The highest BCUT2D eigenvalue weighted by Crippen LogP contribution is 2.09. The lowest BCUT2D eigenvalue weighted by Gasteiger charge is -1.96. The minimum Gasteiger partial charge on any atom is -0.382 e. The summed E-state index contributed by atoms with van der Waals surface area (Å²) in [7, 11) is 0. The van der Waals surface area contributed by atoms with Gasteiger partial charge in [-0.05, 0) is 0 Å². The summed E-state index contributed by atoms with van der Waals surface area (Å²) >= 11 is 5.66. The number of anilines is 1. The third-order valence-corrected chi connectivity index (χ3v) is 1.41. The molecule has 0 saturated heterocycles. The number of nitrogens with zero attached hydrogens (tertiary/aromatic N) is 3. The van der Waals surface area contributed by atoms with Crippen molar-refractivity contribution >= 4 is 29.6 Å². The van der Waals surface area contributed by atoms with Crippen molar-refractivity contribution in [2.75, 3.05) is 5.73 Å². The molecule has 0 aromatic carbocycles. The molecule has 1 aromatic rings. The maximum absolute atomic E-state index is 10.3. The van der Waals surface area contributed by atoms with E-state index in [1.54, 1.807) is 0 Å². The van der Waals surface area contributed by atoms with Crippen LogP contribution in [-0.2, 0) is 9.63 Å². The zero-order valence-electron chi connectivity index (χ0n) is 7.27. The number of oxime groups is 1. The van der Waals surface area contributed by atoms with Gasteiger partial charge in [-0.1, -0.05) is 16.8 Å². The smallest absolute Gasteiger partial charge is 0.331 e. The number of hydrogen-bond donors (Lipinski definition) is 1. The molecule has 0 amide bonds. The molecule has 0 radical (unpaired) electrons. The van der Waals surface area contributed by atoms with Crippen LogP contribution in [0.15, 0.2) is 11.4 Å². The van der Waals surface area contributed by atoms with Gasteiger partial charge in [-0.25, -0.2) is 14.8 Å². The fraction of sp³-hybridized carbons (Fsp3) is 0.143. The molecule has 0 spiro atoms. The van der Waals surface area contributed by atoms with Crippen LogP contribution in [0.5, 0.6) is 0 Å². The molecule has 0 aliphatic heterocycles. The minimum atomic E-state index is -0.527. The maximum atomic E-state index is 10.3. The summed E-state index contributed by atoms with van der Waals surface area (Å²) < 4.78 is 0. The molecule has 0 bridgehead atoms. The Morgan fingerprint density at radius 1 is 1.79 bits per heavy atom. The number of nitrogen functional groups attached to an aromatic ring is 1. The van der Waals surface area contributed by atoms with Crippen LogP contribution in [0.25, 0.3) is 0 Å². The zero-order chi connectivity index (χ0) is 10.6. The first kappa shape index (κ1) is 10.4. The Labute approximate surface area is 84.7 Å². The molecule has 7 heteroatoms. The summed E-state index contributed by atoms with van der Waals surface area (Å²) in [6, 6.07) is 0. The molecular weight excluding hydrogens is 208 g/mol. The quantitative estimate of drug-likeness (QED) is 0.443. The topological polar surface area (TPSA) is 90.5 Å². The molecule has 0 aliphatic carbocycles. The Hall–Kier alpha value is -1.69. The van der Waals surface area contributed by atoms with Crippen LogP contribution >= 0.6 is 11.6 Å². The highest BCUT2D eigenvalue weighted by atomic mass is 35.5. The molecule has 74 valence electrons. The van der Waals surface area contributed by atoms with Gasteiger partial charge >= 0.3 is 5.97 Å². The van der Waals surface area contributed by atoms with Gasteiger partial charge in [0.2, 0.25) is 0 Å². The molecule has 0 atom stereocenters. The summed E-state index contributed by atoms with van der Waals surface area (Å²) in [5.41, 5.74) is 5.60. The van der Waals surface area contributed by atoms with Crippen LogP contribution in [-0.4, -0.2) is 22.2 Å². The van der Waals surface area contributed by atoms with Crippen LogP contribution < -0.4 is 5.73 Å². The van der Waals surface area contributed by atoms with Gasteiger partial charge in [-0.3, -0.25) is 0 Å². The molecule has 1 aromatic heterocycles. The van der Waals surface area contributed by atoms with E-state index in [-0.39, 0.29) is 16.7 Å². The van der Waals surface area contributed by atoms with Gasteiger partial charge in [0.25, 0.3) is 0 Å². The molecule has 14 heavy (non-hydrogen) atoms. The number of aromatic nitrogens is 2. The second-order valence-electron chi connectivity index (χ2n) is 2.29. The van der Waals surface area contributed by atoms with Crippen LogP contribution in [0.4, 0.5) is 5.82 Å². The molecule has 0 aliphatic rings. The predicted octanol–water partition coefficient (Wildman–Crippen LogP) is 0.609. The Kier molecular flexibility index (Phi) is 3.35. The molecule has 0 unspecified atom stereocenters. The second-order valence-corrected chi connectivity index (χ2v) is 2.65. The van der Waals surface area contributed by atoms with Gasteiger partial charge in [0.1, 0.15) is 11.5 Å². The molecule has 6 nitrogen and oxygen atoms in total. The normalized spacial score (nSPS) is 10.4. The zero-order valence-corrected chi connectivity index (χ0v) is 8.02. The van der Waals surface area contributed by atoms with Crippen LogP contribution in [0.1, 0.15) is 12.6 Å². The fourth-order valence-corrected chi connectivity index (χ4v) is 0.821. The second kappa shape index (κ2) is 4.52. The van der Waals surface area contributed by atoms with Crippen molar-refractivity contribution in [3.63, 3.8) is 0 Å². The van der Waals surface area contributed by atoms with Crippen LogP contribution in [0, 0.1) is 0 Å². The standard InChI is InChI=1S/C7H7ClN4O2/c1-4(13)14-11-2-5-7(8)12-6(9)3-10-5/h2-3H,1H3,(H2,9,12)/b11-2+. The average molecular weight is 215 g/mol. The number of rotatable bonds is 2. The molecule has 1 heterocycles. The molecular formula is C7H7ClN4O2. The summed E-state index contributed by atoms with van der Waals surface area (Å²) in [6.07, 6.45) is 2.50. The van der Waals surface area contributed by atoms with Crippen molar-refractivity contribution in [2.45, 2.75) is 6.92 Å². The predicted molar refractivity (Wildman–Crippen MR) is 50.8 cm³/mol. The van der Waals surface area contributed by atoms with Gasteiger partial charge in [0.05, 0.1) is 12.4 Å². The highest BCUT2D eigenvalue weighted by Gasteiger charge is 2.01. The molecule has 0 saturated carbocycles. The Balaban J connectivity index is 2.76. The molecule has 0 fully saturated rings. The van der Waals surface area contributed by atoms with E-state index in [2.05, 4.69) is 20.0 Å². The van der Waals surface area contributed by atoms with E-state index in [0.717, 1.165) is 0 Å². The first-order valence-corrected chi connectivity index (χ1v) is 3.96. The Morgan fingerprint density at radius 2 is 2.50 bits per heavy atom. The summed E-state index contributed by atoms with van der Waals surface area (Å²) in [4.78, 5) is 22.2. The summed E-state index contributed by atoms with van der Waals surface area (Å²) in [5.74, 6) is -0.319. The third-order valence-electron chi connectivity index (χ3n) is 1.13. The van der Waals surface area contributed by atoms with E-state index in [0.29, 0.717) is 0 Å². The summed E-state index contributed by atoms with van der Waals surface area (Å²) in [6.45, 7) is 1.23. The largest absolute Gasteiger partial charge is 0.382 e. The lowest BCUT2D eigenvalue weighted by atomic mass is 10.5. The van der Waals surface area contributed by atoms with Crippen LogP contribution in [0.3, 0.4) is 0 Å². The SMILES string of the molecule is CC(=O)O/N=C/c1ncc(N)nc1Cl. The average Bonchev–Trinajstić information content (AvgIpc) is 2.08. The van der Waals surface area contributed by atoms with Crippen molar-refractivity contribution in [3.8, 4) is 0 Å². The van der Waals surface area contributed by atoms with Gasteiger partial charge in [-0.2, -0.15) is 0 Å². The maximum Gasteiger partial charge on any atom is 0.331 e. The van der Waals surface area contributed by atoms with Gasteiger partial charge < -0.3 is 10.6 Å². The van der Waals surface area contributed by atoms with E-state index >= 15 is 0 Å². The monoisotopic (exact) mass is 214 g/mol. The lowest BCUT2D eigenvalue weighted by molar-refractivity contribution is -0.140. The van der Waals surface area contributed by atoms with E-state index in [1.165, 1.54) is 19.3 Å². The van der Waals surface area contributed by atoms with E-state index in [4.69, 9.17) is 17.3 Å². The number of carbonyl (C=O) groups excluding carboxylic acids is 1. The minimum absolute atomic E-state index is 0.0981. The molecule has 1 rings (SSSR count). The first-order chi connectivity index (χ1) is 6.59. The van der Waals surface area contributed by atoms with E-state index < -0.39 is 5.97 Å². The molecule has 2 N–H and O–H groups in total. The van der Waals surface area contributed by atoms with Crippen molar-refractivity contribution in [3.05, 3.63) is 17.0 Å².